The molecular formula is C16H20N8O. The molecule has 0 saturated carbocycles. The van der Waals surface area contributed by atoms with Gasteiger partial charge in [0.1, 0.15) is 17.5 Å². The molecular weight excluding hydrogens is 320 g/mol. The Morgan fingerprint density at radius 3 is 3.16 bits per heavy atom. The first kappa shape index (κ1) is 15.6. The standard InChI is InChI=1S/C16H20N8O/c1-10-6-22-23-12(10)16(25)17-4-2-11-3-5-24(7-11)15-13-14(19-8-18-13)20-9-21-15/h6,8-9,11H,2-5,7H2,1H3,(H,17,25)(H,22,23)(H,18,19,20,21). The number of H-pyrrole nitrogens is 2. The van der Waals surface area contributed by atoms with Gasteiger partial charge in [-0.2, -0.15) is 5.10 Å². The van der Waals surface area contributed by atoms with Crippen molar-refractivity contribution in [1.82, 2.24) is 35.5 Å². The summed E-state index contributed by atoms with van der Waals surface area (Å²) in [5.74, 6) is 1.33. The number of hydrogen-bond donors (Lipinski definition) is 3. The summed E-state index contributed by atoms with van der Waals surface area (Å²) < 4.78 is 0. The molecule has 4 rings (SSSR count). The Labute approximate surface area is 144 Å². The summed E-state index contributed by atoms with van der Waals surface area (Å²) in [5.41, 5.74) is 2.97. The van der Waals surface area contributed by atoms with Gasteiger partial charge in [-0.15, -0.1) is 0 Å². The third-order valence-electron chi connectivity index (χ3n) is 4.68. The van der Waals surface area contributed by atoms with Crippen LogP contribution in [0.4, 0.5) is 5.82 Å². The number of carbonyl (C=O) groups is 1. The molecule has 1 fully saturated rings. The van der Waals surface area contributed by atoms with Crippen LogP contribution in [0.1, 0.15) is 28.9 Å². The minimum Gasteiger partial charge on any atom is -0.354 e. The maximum Gasteiger partial charge on any atom is 0.269 e. The maximum atomic E-state index is 12.1. The van der Waals surface area contributed by atoms with Crippen LogP contribution in [-0.4, -0.2) is 55.7 Å². The molecule has 1 aliphatic heterocycles. The van der Waals surface area contributed by atoms with E-state index in [1.54, 1.807) is 18.9 Å². The van der Waals surface area contributed by atoms with E-state index in [-0.39, 0.29) is 5.91 Å². The van der Waals surface area contributed by atoms with Crippen LogP contribution >= 0.6 is 0 Å². The van der Waals surface area contributed by atoms with Crippen molar-refractivity contribution in [2.45, 2.75) is 19.8 Å². The number of aryl methyl sites for hydroxylation is 1. The maximum absolute atomic E-state index is 12.1. The summed E-state index contributed by atoms with van der Waals surface area (Å²) >= 11 is 0. The molecule has 1 aliphatic rings. The summed E-state index contributed by atoms with van der Waals surface area (Å²) in [7, 11) is 0. The zero-order valence-corrected chi connectivity index (χ0v) is 14.0. The topological polar surface area (TPSA) is 115 Å². The normalized spacial score (nSPS) is 17.3. The largest absolute Gasteiger partial charge is 0.354 e. The van der Waals surface area contributed by atoms with Gasteiger partial charge in [0.25, 0.3) is 5.91 Å². The van der Waals surface area contributed by atoms with Crippen molar-refractivity contribution in [3.8, 4) is 0 Å². The second kappa shape index (κ2) is 6.50. The minimum atomic E-state index is -0.0974. The SMILES string of the molecule is Cc1cn[nH]c1C(=O)NCCC1CCN(c2ncnc3nc[nH]c23)C1. The van der Waals surface area contributed by atoms with E-state index in [9.17, 15) is 4.79 Å². The highest BCUT2D eigenvalue weighted by Gasteiger charge is 2.25. The van der Waals surface area contributed by atoms with Crippen molar-refractivity contribution < 1.29 is 4.79 Å². The van der Waals surface area contributed by atoms with Gasteiger partial charge < -0.3 is 15.2 Å². The molecule has 1 saturated heterocycles. The lowest BCUT2D eigenvalue weighted by molar-refractivity contribution is 0.0946. The highest BCUT2D eigenvalue weighted by atomic mass is 16.1. The minimum absolute atomic E-state index is 0.0974. The van der Waals surface area contributed by atoms with Crippen LogP contribution in [-0.2, 0) is 0 Å². The second-order valence-corrected chi connectivity index (χ2v) is 6.37. The number of hydrogen-bond acceptors (Lipinski definition) is 6. The van der Waals surface area contributed by atoms with Crippen LogP contribution < -0.4 is 10.2 Å². The third kappa shape index (κ3) is 3.04. The predicted molar refractivity (Wildman–Crippen MR) is 92.3 cm³/mol. The van der Waals surface area contributed by atoms with Crippen molar-refractivity contribution in [2.24, 2.45) is 5.92 Å². The van der Waals surface area contributed by atoms with Crippen molar-refractivity contribution in [1.29, 1.82) is 0 Å². The number of imidazole rings is 1. The van der Waals surface area contributed by atoms with Gasteiger partial charge in [-0.3, -0.25) is 9.89 Å². The average molecular weight is 340 g/mol. The molecule has 1 atom stereocenters. The molecule has 25 heavy (non-hydrogen) atoms. The van der Waals surface area contributed by atoms with Gasteiger partial charge in [-0.1, -0.05) is 0 Å². The highest BCUT2D eigenvalue weighted by molar-refractivity contribution is 5.93. The molecule has 3 N–H and O–H groups in total. The summed E-state index contributed by atoms with van der Waals surface area (Å²) in [6.07, 6.45) is 6.87. The third-order valence-corrected chi connectivity index (χ3v) is 4.68. The average Bonchev–Trinajstić information content (AvgIpc) is 3.34. The first-order valence-corrected chi connectivity index (χ1v) is 8.39. The second-order valence-electron chi connectivity index (χ2n) is 6.37. The first-order chi connectivity index (χ1) is 12.2. The molecule has 1 amide bonds. The first-order valence-electron chi connectivity index (χ1n) is 8.39. The van der Waals surface area contributed by atoms with Crippen LogP contribution in [0.3, 0.4) is 0 Å². The van der Waals surface area contributed by atoms with Gasteiger partial charge in [0.15, 0.2) is 11.5 Å². The molecule has 0 bridgehead atoms. The van der Waals surface area contributed by atoms with E-state index in [2.05, 4.69) is 40.3 Å². The fourth-order valence-corrected chi connectivity index (χ4v) is 3.31. The Balaban J connectivity index is 1.32. The van der Waals surface area contributed by atoms with E-state index in [1.807, 2.05) is 6.92 Å². The molecule has 3 aromatic heterocycles. The molecule has 0 aromatic carbocycles. The van der Waals surface area contributed by atoms with Crippen LogP contribution in [0.15, 0.2) is 18.9 Å². The molecule has 9 heteroatoms. The number of aromatic nitrogens is 6. The quantitative estimate of drug-likeness (QED) is 0.639. The molecule has 4 heterocycles. The lowest BCUT2D eigenvalue weighted by Gasteiger charge is -2.17. The Bertz CT molecular complexity index is 885. The van der Waals surface area contributed by atoms with Gasteiger partial charge in [0.05, 0.1) is 12.5 Å². The number of carbonyl (C=O) groups excluding carboxylic acids is 1. The molecule has 0 aliphatic carbocycles. The number of nitrogens with one attached hydrogen (secondary N) is 3. The van der Waals surface area contributed by atoms with Crippen LogP contribution in [0.25, 0.3) is 11.2 Å². The lowest BCUT2D eigenvalue weighted by atomic mass is 10.1. The summed E-state index contributed by atoms with van der Waals surface area (Å²) in [6, 6.07) is 0. The Kier molecular flexibility index (Phi) is 4.04. The number of nitrogens with zero attached hydrogens (tertiary/aromatic N) is 5. The Hall–Kier alpha value is -2.97. The monoisotopic (exact) mass is 340 g/mol. The van der Waals surface area contributed by atoms with E-state index in [0.29, 0.717) is 23.8 Å². The molecule has 130 valence electrons. The van der Waals surface area contributed by atoms with E-state index >= 15 is 0 Å². The van der Waals surface area contributed by atoms with E-state index in [4.69, 9.17) is 0 Å². The fraction of sp³-hybridized carbons (Fsp3) is 0.438. The van der Waals surface area contributed by atoms with Crippen molar-refractivity contribution in [3.63, 3.8) is 0 Å². The zero-order chi connectivity index (χ0) is 17.2. The van der Waals surface area contributed by atoms with E-state index < -0.39 is 0 Å². The van der Waals surface area contributed by atoms with Crippen molar-refractivity contribution in [2.75, 3.05) is 24.5 Å². The zero-order valence-electron chi connectivity index (χ0n) is 14.0. The van der Waals surface area contributed by atoms with Gasteiger partial charge in [0.2, 0.25) is 0 Å². The lowest BCUT2D eigenvalue weighted by Crippen LogP contribution is -2.28. The summed E-state index contributed by atoms with van der Waals surface area (Å²) in [6.45, 7) is 4.39. The molecule has 3 aromatic rings. The molecule has 9 nitrogen and oxygen atoms in total. The number of anilines is 1. The number of rotatable bonds is 5. The van der Waals surface area contributed by atoms with Crippen LogP contribution in [0.5, 0.6) is 0 Å². The van der Waals surface area contributed by atoms with Gasteiger partial charge >= 0.3 is 0 Å². The van der Waals surface area contributed by atoms with Crippen molar-refractivity contribution >= 4 is 22.9 Å². The fourth-order valence-electron chi connectivity index (χ4n) is 3.31. The van der Waals surface area contributed by atoms with Gasteiger partial charge in [-0.25, -0.2) is 15.0 Å². The van der Waals surface area contributed by atoms with Crippen LogP contribution in [0, 0.1) is 12.8 Å². The van der Waals surface area contributed by atoms with Gasteiger partial charge in [-0.05, 0) is 31.2 Å². The van der Waals surface area contributed by atoms with Gasteiger partial charge in [0, 0.05) is 19.6 Å². The summed E-state index contributed by atoms with van der Waals surface area (Å²) in [5, 5.41) is 9.57. The molecule has 0 radical (unpaired) electrons. The Morgan fingerprint density at radius 2 is 2.32 bits per heavy atom. The smallest absolute Gasteiger partial charge is 0.269 e. The molecule has 0 spiro atoms. The van der Waals surface area contributed by atoms with Crippen molar-refractivity contribution in [3.05, 3.63) is 30.1 Å². The molecule has 1 unspecified atom stereocenters. The number of aromatic amines is 2. The summed E-state index contributed by atoms with van der Waals surface area (Å²) in [4.78, 5) is 30.2. The Morgan fingerprint density at radius 1 is 1.40 bits per heavy atom. The highest BCUT2D eigenvalue weighted by Crippen LogP contribution is 2.27. The number of fused-ring (bicyclic) bond motifs is 1. The van der Waals surface area contributed by atoms with E-state index in [0.717, 1.165) is 42.8 Å². The van der Waals surface area contributed by atoms with Crippen LogP contribution in [0.2, 0.25) is 0 Å². The number of amides is 1. The predicted octanol–water partition coefficient (Wildman–Crippen LogP) is 1.03. The van der Waals surface area contributed by atoms with E-state index in [1.165, 1.54) is 0 Å².